The first kappa shape index (κ1) is 14.0. The van der Waals surface area contributed by atoms with Gasteiger partial charge in [-0.1, -0.05) is 30.3 Å². The molecular weight excluding hydrogens is 238 g/mol. The highest BCUT2D eigenvalue weighted by atomic mass is 16.2. The van der Waals surface area contributed by atoms with Crippen LogP contribution in [0.1, 0.15) is 25.3 Å². The summed E-state index contributed by atoms with van der Waals surface area (Å²) in [6, 6.07) is 10.4. The summed E-state index contributed by atoms with van der Waals surface area (Å²) >= 11 is 0. The van der Waals surface area contributed by atoms with Gasteiger partial charge < -0.3 is 16.0 Å². The van der Waals surface area contributed by atoms with Crippen molar-refractivity contribution in [3.63, 3.8) is 0 Å². The van der Waals surface area contributed by atoms with E-state index in [1.807, 2.05) is 25.1 Å². The van der Waals surface area contributed by atoms with E-state index >= 15 is 0 Å². The molecule has 1 unspecified atom stereocenters. The van der Waals surface area contributed by atoms with Crippen LogP contribution in [0.3, 0.4) is 0 Å². The van der Waals surface area contributed by atoms with Crippen LogP contribution >= 0.6 is 0 Å². The van der Waals surface area contributed by atoms with E-state index in [1.54, 1.807) is 0 Å². The van der Waals surface area contributed by atoms with Gasteiger partial charge in [0, 0.05) is 19.1 Å². The second-order valence-electron chi connectivity index (χ2n) is 5.71. The third-order valence-electron chi connectivity index (χ3n) is 3.50. The van der Waals surface area contributed by atoms with E-state index in [1.165, 1.54) is 5.56 Å². The zero-order valence-corrected chi connectivity index (χ0v) is 11.7. The Morgan fingerprint density at radius 3 is 2.63 bits per heavy atom. The first-order valence-electron chi connectivity index (χ1n) is 6.82. The molecule has 0 bridgehead atoms. The fourth-order valence-corrected chi connectivity index (χ4v) is 2.20. The summed E-state index contributed by atoms with van der Waals surface area (Å²) in [6.45, 7) is 3.72. The van der Waals surface area contributed by atoms with Gasteiger partial charge in [0.25, 0.3) is 0 Å². The molecule has 1 aliphatic rings. The van der Waals surface area contributed by atoms with E-state index in [4.69, 9.17) is 5.73 Å². The fraction of sp³-hybridized carbons (Fsp3) is 0.533. The van der Waals surface area contributed by atoms with Gasteiger partial charge in [0.2, 0.25) is 5.91 Å². The van der Waals surface area contributed by atoms with Crippen molar-refractivity contribution in [3.8, 4) is 0 Å². The molecule has 1 aromatic carbocycles. The van der Waals surface area contributed by atoms with Gasteiger partial charge in [0.1, 0.15) is 0 Å². The Labute approximate surface area is 115 Å². The summed E-state index contributed by atoms with van der Waals surface area (Å²) in [5.41, 5.74) is 6.57. The molecule has 104 valence electrons. The van der Waals surface area contributed by atoms with E-state index in [0.29, 0.717) is 0 Å². The summed E-state index contributed by atoms with van der Waals surface area (Å²) in [5.74, 6) is -0.00638. The average molecular weight is 261 g/mol. The van der Waals surface area contributed by atoms with Crippen molar-refractivity contribution >= 4 is 5.91 Å². The predicted octanol–water partition coefficient (Wildman–Crippen LogP) is 1.11. The first-order chi connectivity index (χ1) is 8.99. The highest BCUT2D eigenvalue weighted by Gasteiger charge is 2.46. The summed E-state index contributed by atoms with van der Waals surface area (Å²) in [4.78, 5) is 14.0. The molecular formula is C15H23N3O. The molecule has 1 fully saturated rings. The van der Waals surface area contributed by atoms with Crippen molar-refractivity contribution in [1.29, 1.82) is 0 Å². The number of hydrogen-bond acceptors (Lipinski definition) is 3. The van der Waals surface area contributed by atoms with Crippen LogP contribution in [0.2, 0.25) is 0 Å². The molecule has 1 amide bonds. The maximum atomic E-state index is 11.8. The van der Waals surface area contributed by atoms with Crippen molar-refractivity contribution in [1.82, 2.24) is 10.2 Å². The van der Waals surface area contributed by atoms with Crippen molar-refractivity contribution in [2.75, 3.05) is 13.6 Å². The summed E-state index contributed by atoms with van der Waals surface area (Å²) in [7, 11) is 2.06. The Bertz CT molecular complexity index is 428. The number of rotatable bonds is 6. The lowest BCUT2D eigenvalue weighted by molar-refractivity contribution is -0.123. The molecule has 0 aromatic heterocycles. The number of hydrogen-bond donors (Lipinski definition) is 2. The van der Waals surface area contributed by atoms with Gasteiger partial charge in [0.15, 0.2) is 0 Å². The number of amides is 1. The Balaban J connectivity index is 1.75. The van der Waals surface area contributed by atoms with E-state index in [0.717, 1.165) is 25.9 Å². The molecule has 4 heteroatoms. The van der Waals surface area contributed by atoms with Gasteiger partial charge >= 0.3 is 0 Å². The second-order valence-corrected chi connectivity index (χ2v) is 5.71. The van der Waals surface area contributed by atoms with Gasteiger partial charge in [-0.15, -0.1) is 0 Å². The molecule has 1 saturated carbocycles. The summed E-state index contributed by atoms with van der Waals surface area (Å²) in [5, 5.41) is 2.99. The molecule has 3 N–H and O–H groups in total. The van der Waals surface area contributed by atoms with Gasteiger partial charge in [0.05, 0.1) is 5.54 Å². The lowest BCUT2D eigenvalue weighted by Gasteiger charge is -2.23. The summed E-state index contributed by atoms with van der Waals surface area (Å²) < 4.78 is 0. The molecule has 1 aliphatic carbocycles. The SMILES string of the molecule is CC(CN(C)Cc1ccccc1)NC(=O)C1(N)CC1. The number of carbonyl (C=O) groups is 1. The van der Waals surface area contributed by atoms with Crippen LogP contribution in [0.25, 0.3) is 0 Å². The van der Waals surface area contributed by atoms with Crippen LogP contribution in [0.5, 0.6) is 0 Å². The molecule has 0 heterocycles. The largest absolute Gasteiger partial charge is 0.351 e. The first-order valence-corrected chi connectivity index (χ1v) is 6.82. The molecule has 0 radical (unpaired) electrons. The maximum absolute atomic E-state index is 11.8. The molecule has 1 aromatic rings. The standard InChI is InChI=1S/C15H23N3O/c1-12(17-14(19)15(16)8-9-15)10-18(2)11-13-6-4-3-5-7-13/h3-7,12H,8-11,16H2,1-2H3,(H,17,19). The Hall–Kier alpha value is -1.39. The third-order valence-corrected chi connectivity index (χ3v) is 3.50. The number of benzene rings is 1. The Morgan fingerprint density at radius 1 is 1.42 bits per heavy atom. The molecule has 0 aliphatic heterocycles. The van der Waals surface area contributed by atoms with Crippen molar-refractivity contribution in [3.05, 3.63) is 35.9 Å². The van der Waals surface area contributed by atoms with E-state index in [2.05, 4.69) is 29.4 Å². The van der Waals surface area contributed by atoms with Crippen LogP contribution in [-0.4, -0.2) is 36.0 Å². The minimum absolute atomic E-state index is 0.00638. The average Bonchev–Trinajstić information content (AvgIpc) is 3.09. The zero-order chi connectivity index (χ0) is 13.9. The highest BCUT2D eigenvalue weighted by Crippen LogP contribution is 2.32. The molecule has 0 spiro atoms. The smallest absolute Gasteiger partial charge is 0.240 e. The highest BCUT2D eigenvalue weighted by molar-refractivity contribution is 5.89. The minimum Gasteiger partial charge on any atom is -0.351 e. The molecule has 0 saturated heterocycles. The quantitative estimate of drug-likeness (QED) is 0.806. The Kier molecular flexibility index (Phi) is 4.22. The predicted molar refractivity (Wildman–Crippen MR) is 76.5 cm³/mol. The van der Waals surface area contributed by atoms with Gasteiger partial charge in [-0.3, -0.25) is 4.79 Å². The molecule has 1 atom stereocenters. The maximum Gasteiger partial charge on any atom is 0.240 e. The van der Waals surface area contributed by atoms with Gasteiger partial charge in [-0.05, 0) is 32.4 Å². The Morgan fingerprint density at radius 2 is 2.05 bits per heavy atom. The topological polar surface area (TPSA) is 58.4 Å². The van der Waals surface area contributed by atoms with E-state index in [9.17, 15) is 4.79 Å². The van der Waals surface area contributed by atoms with Crippen molar-refractivity contribution in [2.24, 2.45) is 5.73 Å². The van der Waals surface area contributed by atoms with E-state index in [-0.39, 0.29) is 11.9 Å². The number of nitrogens with zero attached hydrogens (tertiary/aromatic N) is 1. The van der Waals surface area contributed by atoms with Crippen LogP contribution in [0.4, 0.5) is 0 Å². The zero-order valence-electron chi connectivity index (χ0n) is 11.7. The number of likely N-dealkylation sites (N-methyl/N-ethyl adjacent to an activating group) is 1. The number of nitrogens with two attached hydrogens (primary N) is 1. The second kappa shape index (κ2) is 5.72. The van der Waals surface area contributed by atoms with Gasteiger partial charge in [-0.2, -0.15) is 0 Å². The number of carbonyl (C=O) groups excluding carboxylic acids is 1. The lowest BCUT2D eigenvalue weighted by atomic mass is 10.2. The van der Waals surface area contributed by atoms with E-state index < -0.39 is 5.54 Å². The molecule has 4 nitrogen and oxygen atoms in total. The molecule has 2 rings (SSSR count). The summed E-state index contributed by atoms with van der Waals surface area (Å²) in [6.07, 6.45) is 1.62. The normalized spacial score (nSPS) is 18.1. The van der Waals surface area contributed by atoms with Crippen molar-refractivity contribution in [2.45, 2.75) is 37.9 Å². The van der Waals surface area contributed by atoms with Crippen LogP contribution < -0.4 is 11.1 Å². The van der Waals surface area contributed by atoms with Crippen LogP contribution in [0.15, 0.2) is 30.3 Å². The number of nitrogens with one attached hydrogen (secondary N) is 1. The third kappa shape index (κ3) is 4.04. The monoisotopic (exact) mass is 261 g/mol. The fourth-order valence-electron chi connectivity index (χ4n) is 2.20. The molecule has 19 heavy (non-hydrogen) atoms. The lowest BCUT2D eigenvalue weighted by Crippen LogP contribution is -2.49. The van der Waals surface area contributed by atoms with Crippen LogP contribution in [0, 0.1) is 0 Å². The van der Waals surface area contributed by atoms with Gasteiger partial charge in [-0.25, -0.2) is 0 Å². The van der Waals surface area contributed by atoms with Crippen molar-refractivity contribution < 1.29 is 4.79 Å². The minimum atomic E-state index is -0.577. The van der Waals surface area contributed by atoms with Crippen LogP contribution in [-0.2, 0) is 11.3 Å².